The molecule has 30 heavy (non-hydrogen) atoms. The number of nitrogens with one attached hydrogen (secondary N) is 2. The van der Waals surface area contributed by atoms with Gasteiger partial charge in [0.2, 0.25) is 0 Å². The van der Waals surface area contributed by atoms with E-state index < -0.39 is 0 Å². The van der Waals surface area contributed by atoms with Crippen LogP contribution in [0.25, 0.3) is 10.2 Å². The van der Waals surface area contributed by atoms with E-state index in [2.05, 4.69) is 23.7 Å². The third-order valence-corrected chi connectivity index (χ3v) is 7.98. The number of quaternary nitrogens is 1. The third-order valence-electron chi connectivity index (χ3n) is 6.83. The van der Waals surface area contributed by atoms with Crippen molar-refractivity contribution in [1.82, 2.24) is 9.97 Å². The molecule has 2 aromatic heterocycles. The van der Waals surface area contributed by atoms with Crippen LogP contribution in [-0.4, -0.2) is 41.3 Å². The fourth-order valence-corrected chi connectivity index (χ4v) is 6.30. The largest absolute Gasteiger partial charge is 0.508 e. The van der Waals surface area contributed by atoms with Crippen molar-refractivity contribution >= 4 is 27.2 Å². The van der Waals surface area contributed by atoms with Crippen LogP contribution in [0.5, 0.6) is 5.75 Å². The van der Waals surface area contributed by atoms with Crippen LogP contribution in [0.4, 0.5) is 5.69 Å². The number of thiophene rings is 1. The Morgan fingerprint density at radius 1 is 1.27 bits per heavy atom. The van der Waals surface area contributed by atoms with Gasteiger partial charge in [-0.25, -0.2) is 4.98 Å². The summed E-state index contributed by atoms with van der Waals surface area (Å²) in [5.74, 6) is 1.80. The standard InChI is InChI=1S/C23H28N4O2S/c1-14-3-8-18-19(13-14)30-23-20(18)22(29)24-21(25-23)15(2)26-9-11-27(12-10-26)16-4-6-17(28)7-5-16/h4-7,14-15,28H,3,8-13H2,1-2H3,(H,24,25,29)/p+1/t14-,15+/m0/s1. The number of piperazine rings is 1. The molecule has 0 radical (unpaired) electrons. The maximum absolute atomic E-state index is 12.9. The SMILES string of the molecule is C[C@H]1CCc2c(sc3nc([C@@H](C)[NH+]4CCN(c5ccc(O)cc5)CC4)[nH]c(=O)c23)C1. The van der Waals surface area contributed by atoms with Gasteiger partial charge in [-0.2, -0.15) is 0 Å². The lowest BCUT2D eigenvalue weighted by Gasteiger charge is -2.36. The zero-order valence-electron chi connectivity index (χ0n) is 17.6. The fourth-order valence-electron chi connectivity index (χ4n) is 4.91. The molecule has 158 valence electrons. The molecule has 0 bridgehead atoms. The number of aromatic nitrogens is 2. The van der Waals surface area contributed by atoms with Gasteiger partial charge in [0.05, 0.1) is 31.6 Å². The number of phenols is 1. The molecule has 7 heteroatoms. The summed E-state index contributed by atoms with van der Waals surface area (Å²) in [4.78, 5) is 27.1. The number of nitrogens with zero attached hydrogens (tertiary/aromatic N) is 2. The summed E-state index contributed by atoms with van der Waals surface area (Å²) in [6, 6.07) is 7.57. The molecule has 3 N–H and O–H groups in total. The first-order valence-electron chi connectivity index (χ1n) is 10.9. The topological polar surface area (TPSA) is 73.7 Å². The van der Waals surface area contributed by atoms with Crippen molar-refractivity contribution < 1.29 is 10.0 Å². The second-order valence-electron chi connectivity index (χ2n) is 8.87. The summed E-state index contributed by atoms with van der Waals surface area (Å²) in [7, 11) is 0. The molecule has 1 aromatic carbocycles. The molecule has 3 aromatic rings. The quantitative estimate of drug-likeness (QED) is 0.602. The van der Waals surface area contributed by atoms with E-state index in [1.165, 1.54) is 15.3 Å². The van der Waals surface area contributed by atoms with Crippen LogP contribution in [0.2, 0.25) is 0 Å². The Labute approximate surface area is 180 Å². The van der Waals surface area contributed by atoms with Gasteiger partial charge in [-0.1, -0.05) is 6.92 Å². The van der Waals surface area contributed by atoms with Crippen molar-refractivity contribution in [2.24, 2.45) is 5.92 Å². The number of hydrogen-bond donors (Lipinski definition) is 3. The molecular weight excluding hydrogens is 396 g/mol. The van der Waals surface area contributed by atoms with E-state index in [4.69, 9.17) is 4.98 Å². The van der Waals surface area contributed by atoms with E-state index in [1.54, 1.807) is 23.5 Å². The number of anilines is 1. The number of aryl methyl sites for hydroxylation is 1. The summed E-state index contributed by atoms with van der Waals surface area (Å²) < 4.78 is 0. The number of aromatic hydroxyl groups is 1. The monoisotopic (exact) mass is 425 g/mol. The van der Waals surface area contributed by atoms with Crippen LogP contribution in [0, 0.1) is 5.92 Å². The summed E-state index contributed by atoms with van der Waals surface area (Å²) >= 11 is 1.73. The molecular formula is C23H29N4O2S+. The van der Waals surface area contributed by atoms with E-state index in [0.29, 0.717) is 11.7 Å². The molecule has 0 amide bonds. The highest BCUT2D eigenvalue weighted by Crippen LogP contribution is 2.35. The highest BCUT2D eigenvalue weighted by molar-refractivity contribution is 7.18. The van der Waals surface area contributed by atoms with Crippen LogP contribution in [0.15, 0.2) is 29.1 Å². The van der Waals surface area contributed by atoms with Crippen LogP contribution < -0.4 is 15.4 Å². The number of fused-ring (bicyclic) bond motifs is 3. The number of phenolic OH excluding ortho intramolecular Hbond substituents is 1. The molecule has 1 saturated heterocycles. The molecule has 0 unspecified atom stereocenters. The third kappa shape index (κ3) is 3.50. The van der Waals surface area contributed by atoms with Gasteiger partial charge >= 0.3 is 0 Å². The molecule has 2 aliphatic rings. The zero-order chi connectivity index (χ0) is 20.8. The van der Waals surface area contributed by atoms with E-state index in [0.717, 1.165) is 67.2 Å². The number of hydrogen-bond acceptors (Lipinski definition) is 5. The average molecular weight is 426 g/mol. The summed E-state index contributed by atoms with van der Waals surface area (Å²) in [5, 5.41) is 10.3. The van der Waals surface area contributed by atoms with Gasteiger partial charge in [0.1, 0.15) is 16.6 Å². The number of aromatic amines is 1. The highest BCUT2D eigenvalue weighted by Gasteiger charge is 2.29. The summed E-state index contributed by atoms with van der Waals surface area (Å²) in [6.45, 7) is 8.33. The molecule has 1 fully saturated rings. The lowest BCUT2D eigenvalue weighted by Crippen LogP contribution is -3.14. The molecule has 5 rings (SSSR count). The van der Waals surface area contributed by atoms with Crippen LogP contribution in [-0.2, 0) is 12.8 Å². The first-order chi connectivity index (χ1) is 14.5. The molecule has 6 nitrogen and oxygen atoms in total. The maximum Gasteiger partial charge on any atom is 0.260 e. The maximum atomic E-state index is 12.9. The predicted octanol–water partition coefficient (Wildman–Crippen LogP) is 2.28. The fraction of sp³-hybridized carbons (Fsp3) is 0.478. The van der Waals surface area contributed by atoms with Gasteiger partial charge in [-0.05, 0) is 61.9 Å². The number of H-pyrrole nitrogens is 1. The van der Waals surface area contributed by atoms with Crippen molar-refractivity contribution in [3.8, 4) is 5.75 Å². The normalized spacial score (nSPS) is 21.0. The summed E-state index contributed by atoms with van der Waals surface area (Å²) in [6.07, 6.45) is 3.23. The van der Waals surface area contributed by atoms with Gasteiger partial charge in [0.15, 0.2) is 5.82 Å². The van der Waals surface area contributed by atoms with E-state index in [-0.39, 0.29) is 11.6 Å². The zero-order valence-corrected chi connectivity index (χ0v) is 18.4. The van der Waals surface area contributed by atoms with Crippen LogP contribution in [0.3, 0.4) is 0 Å². The van der Waals surface area contributed by atoms with Gasteiger partial charge in [-0.3, -0.25) is 4.79 Å². The average Bonchev–Trinajstić information content (AvgIpc) is 3.11. The highest BCUT2D eigenvalue weighted by atomic mass is 32.1. The van der Waals surface area contributed by atoms with Crippen molar-refractivity contribution in [2.45, 2.75) is 39.2 Å². The minimum atomic E-state index is 0.0380. The Kier molecular flexibility index (Phi) is 5.03. The van der Waals surface area contributed by atoms with Crippen LogP contribution >= 0.6 is 11.3 Å². The predicted molar refractivity (Wildman–Crippen MR) is 121 cm³/mol. The first-order valence-corrected chi connectivity index (χ1v) is 11.7. The van der Waals surface area contributed by atoms with E-state index in [9.17, 15) is 9.90 Å². The second kappa shape index (κ2) is 7.71. The van der Waals surface area contributed by atoms with Gasteiger partial charge in [-0.15, -0.1) is 11.3 Å². The first kappa shape index (κ1) is 19.6. The molecule has 3 heterocycles. The van der Waals surface area contributed by atoms with Crippen molar-refractivity contribution in [2.75, 3.05) is 31.1 Å². The minimum Gasteiger partial charge on any atom is -0.508 e. The molecule has 1 aliphatic heterocycles. The van der Waals surface area contributed by atoms with Crippen molar-refractivity contribution in [1.29, 1.82) is 0 Å². The van der Waals surface area contributed by atoms with Gasteiger partial charge in [0, 0.05) is 10.6 Å². The lowest BCUT2D eigenvalue weighted by molar-refractivity contribution is -0.930. The Morgan fingerprint density at radius 2 is 2.00 bits per heavy atom. The molecule has 0 saturated carbocycles. The lowest BCUT2D eigenvalue weighted by atomic mass is 9.89. The molecule has 0 spiro atoms. The smallest absolute Gasteiger partial charge is 0.260 e. The Bertz CT molecular complexity index is 1110. The van der Waals surface area contributed by atoms with E-state index in [1.807, 2.05) is 12.1 Å². The second-order valence-corrected chi connectivity index (χ2v) is 9.95. The number of rotatable bonds is 3. The molecule has 2 atom stereocenters. The van der Waals surface area contributed by atoms with Crippen molar-refractivity contribution in [3.05, 3.63) is 50.9 Å². The van der Waals surface area contributed by atoms with Gasteiger partial charge in [0.25, 0.3) is 5.56 Å². The summed E-state index contributed by atoms with van der Waals surface area (Å²) in [5.41, 5.74) is 2.43. The van der Waals surface area contributed by atoms with Crippen LogP contribution in [0.1, 0.15) is 42.6 Å². The Morgan fingerprint density at radius 3 is 2.73 bits per heavy atom. The van der Waals surface area contributed by atoms with Crippen molar-refractivity contribution in [3.63, 3.8) is 0 Å². The number of benzene rings is 1. The minimum absolute atomic E-state index is 0.0380. The van der Waals surface area contributed by atoms with Gasteiger partial charge < -0.3 is 19.9 Å². The Balaban J connectivity index is 1.34. The molecule has 1 aliphatic carbocycles. The Hall–Kier alpha value is -2.38. The van der Waals surface area contributed by atoms with E-state index >= 15 is 0 Å².